The van der Waals surface area contributed by atoms with Crippen molar-refractivity contribution in [3.8, 4) is 0 Å². The fourth-order valence-electron chi connectivity index (χ4n) is 0.385. The molecule has 0 rings (SSSR count). The van der Waals surface area contributed by atoms with E-state index in [0.717, 1.165) is 0 Å². The van der Waals surface area contributed by atoms with E-state index in [4.69, 9.17) is 0 Å². The minimum Gasteiger partial charge on any atom is -0.211 e. The summed E-state index contributed by atoms with van der Waals surface area (Å²) < 4.78 is 0.263. The van der Waals surface area contributed by atoms with E-state index in [0.29, 0.717) is 11.8 Å². The number of hydrogen-bond donors (Lipinski definition) is 0. The normalized spacial score (nSPS) is 11.1. The summed E-state index contributed by atoms with van der Waals surface area (Å²) in [6.45, 7) is 1.95. The summed E-state index contributed by atoms with van der Waals surface area (Å²) in [5.41, 5.74) is 0. The van der Waals surface area contributed by atoms with Crippen molar-refractivity contribution < 1.29 is 9.59 Å². The van der Waals surface area contributed by atoms with Crippen molar-refractivity contribution in [3.05, 3.63) is 0 Å². The second-order valence-electron chi connectivity index (χ2n) is 1.66. The second kappa shape index (κ2) is 8.56. The highest BCUT2D eigenvalue weighted by molar-refractivity contribution is 8.16. The first-order valence-corrected chi connectivity index (χ1v) is 5.21. The van der Waals surface area contributed by atoms with Gasteiger partial charge in [-0.25, -0.2) is 9.59 Å². The first-order chi connectivity index (χ1) is 5.81. The average Bonchev–Trinajstić information content (AvgIpc) is 2.06. The summed E-state index contributed by atoms with van der Waals surface area (Å²) in [7, 11) is 0. The molecule has 0 fully saturated rings. The molecule has 0 aliphatic heterocycles. The predicted molar refractivity (Wildman–Crippen MR) is 50.6 cm³/mol. The maximum absolute atomic E-state index is 9.67. The third kappa shape index (κ3) is 7.57. The van der Waals surface area contributed by atoms with Gasteiger partial charge in [-0.2, -0.15) is 9.98 Å². The molecule has 12 heavy (non-hydrogen) atoms. The number of aliphatic imine (C=N–C) groups is 2. The summed E-state index contributed by atoms with van der Waals surface area (Å²) in [5, 5.41) is 0. The predicted octanol–water partition coefficient (Wildman–Crippen LogP) is 1.39. The molecular weight excluding hydrogens is 196 g/mol. The van der Waals surface area contributed by atoms with E-state index in [2.05, 4.69) is 9.98 Å². The van der Waals surface area contributed by atoms with Gasteiger partial charge in [0, 0.05) is 0 Å². The van der Waals surface area contributed by atoms with Crippen LogP contribution in [0.5, 0.6) is 0 Å². The molecule has 0 heterocycles. The lowest BCUT2D eigenvalue weighted by molar-refractivity contribution is 0.563. The molecule has 0 atom stereocenters. The molecule has 66 valence electrons. The first-order valence-electron chi connectivity index (χ1n) is 3.11. The topological polar surface area (TPSA) is 58.9 Å². The smallest absolute Gasteiger partial charge is 0.211 e. The van der Waals surface area contributed by atoms with Gasteiger partial charge in [0.1, 0.15) is 0 Å². The van der Waals surface area contributed by atoms with Crippen molar-refractivity contribution in [2.75, 3.05) is 11.8 Å². The van der Waals surface area contributed by atoms with Crippen LogP contribution in [0.3, 0.4) is 0 Å². The summed E-state index contributed by atoms with van der Waals surface area (Å²) in [6, 6.07) is 0. The Morgan fingerprint density at radius 3 is 1.92 bits per heavy atom. The fraction of sp³-hybridized carbons (Fsp3) is 0.667. The van der Waals surface area contributed by atoms with E-state index >= 15 is 0 Å². The van der Waals surface area contributed by atoms with Crippen molar-refractivity contribution in [2.24, 2.45) is 9.98 Å². The second-order valence-corrected chi connectivity index (χ2v) is 4.55. The van der Waals surface area contributed by atoms with Gasteiger partial charge in [0.2, 0.25) is 12.2 Å². The van der Waals surface area contributed by atoms with Crippen LogP contribution in [-0.4, -0.2) is 28.5 Å². The Labute approximate surface area is 78.9 Å². The highest BCUT2D eigenvalue weighted by Gasteiger charge is 2.00. The Morgan fingerprint density at radius 1 is 1.17 bits per heavy atom. The van der Waals surface area contributed by atoms with E-state index in [1.165, 1.54) is 35.7 Å². The maximum Gasteiger partial charge on any atom is 0.235 e. The monoisotopic (exact) mass is 204 g/mol. The highest BCUT2D eigenvalue weighted by atomic mass is 32.2. The van der Waals surface area contributed by atoms with Crippen LogP contribution in [0.25, 0.3) is 0 Å². The van der Waals surface area contributed by atoms with Gasteiger partial charge in [0.25, 0.3) is 0 Å². The quantitative estimate of drug-likeness (QED) is 0.372. The van der Waals surface area contributed by atoms with Crippen molar-refractivity contribution in [3.63, 3.8) is 0 Å². The van der Waals surface area contributed by atoms with E-state index in [-0.39, 0.29) is 4.58 Å². The Bertz CT molecular complexity index is 188. The molecule has 0 aliphatic rings. The average molecular weight is 204 g/mol. The molecule has 4 nitrogen and oxygen atoms in total. The van der Waals surface area contributed by atoms with Crippen LogP contribution in [-0.2, 0) is 9.59 Å². The zero-order valence-electron chi connectivity index (χ0n) is 6.52. The van der Waals surface area contributed by atoms with Gasteiger partial charge in [-0.3, -0.25) is 0 Å². The Morgan fingerprint density at radius 2 is 1.58 bits per heavy atom. The zero-order chi connectivity index (χ0) is 9.23. The number of isocyanates is 2. The third-order valence-corrected chi connectivity index (χ3v) is 3.19. The number of thioether (sulfide) groups is 2. The summed E-state index contributed by atoms with van der Waals surface area (Å²) in [6.07, 6.45) is 2.90. The lowest BCUT2D eigenvalue weighted by atomic mass is 11.0. The minimum atomic E-state index is 0.263. The van der Waals surface area contributed by atoms with E-state index in [1.807, 2.05) is 6.92 Å². The van der Waals surface area contributed by atoms with Crippen LogP contribution in [0, 0.1) is 0 Å². The maximum atomic E-state index is 9.67. The summed E-state index contributed by atoms with van der Waals surface area (Å²) >= 11 is 2.99. The molecule has 0 amide bonds. The largest absolute Gasteiger partial charge is 0.235 e. The summed E-state index contributed by atoms with van der Waals surface area (Å²) in [5.74, 6) is 0.810. The molecule has 0 N–H and O–H groups in total. The van der Waals surface area contributed by atoms with Crippen LogP contribution in [0.4, 0.5) is 0 Å². The van der Waals surface area contributed by atoms with Gasteiger partial charge in [0.05, 0.1) is 16.3 Å². The van der Waals surface area contributed by atoms with Crippen LogP contribution in [0.2, 0.25) is 0 Å². The number of rotatable bonds is 6. The third-order valence-electron chi connectivity index (χ3n) is 0.877. The number of hydrogen-bond acceptors (Lipinski definition) is 6. The SMILES string of the molecule is CC(SCN=C=O)SCN=C=O. The Kier molecular flexibility index (Phi) is 8.17. The molecule has 6 heteroatoms. The van der Waals surface area contributed by atoms with Crippen LogP contribution >= 0.6 is 23.5 Å². The van der Waals surface area contributed by atoms with Crippen LogP contribution < -0.4 is 0 Å². The number of carbonyl (C=O) groups excluding carboxylic acids is 2. The Hall–Kier alpha value is -0.540. The van der Waals surface area contributed by atoms with Crippen LogP contribution in [0.15, 0.2) is 9.98 Å². The van der Waals surface area contributed by atoms with Gasteiger partial charge in [-0.1, -0.05) is 0 Å². The van der Waals surface area contributed by atoms with Crippen molar-refractivity contribution in [2.45, 2.75) is 11.5 Å². The molecule has 0 bridgehead atoms. The first kappa shape index (κ1) is 11.5. The van der Waals surface area contributed by atoms with Crippen molar-refractivity contribution in [1.29, 1.82) is 0 Å². The van der Waals surface area contributed by atoms with E-state index in [9.17, 15) is 9.59 Å². The van der Waals surface area contributed by atoms with Gasteiger partial charge in [-0.05, 0) is 6.92 Å². The van der Waals surface area contributed by atoms with Gasteiger partial charge < -0.3 is 0 Å². The summed E-state index contributed by atoms with van der Waals surface area (Å²) in [4.78, 5) is 26.1. The molecule has 0 saturated carbocycles. The van der Waals surface area contributed by atoms with Gasteiger partial charge in [0.15, 0.2) is 0 Å². The molecule has 0 saturated heterocycles. The van der Waals surface area contributed by atoms with Gasteiger partial charge >= 0.3 is 0 Å². The van der Waals surface area contributed by atoms with E-state index in [1.54, 1.807) is 0 Å². The lowest BCUT2D eigenvalue weighted by Crippen LogP contribution is -1.90. The lowest BCUT2D eigenvalue weighted by Gasteiger charge is -2.04. The fourth-order valence-corrected chi connectivity index (χ4v) is 1.81. The number of nitrogens with zero attached hydrogens (tertiary/aromatic N) is 2. The van der Waals surface area contributed by atoms with Crippen molar-refractivity contribution >= 4 is 35.7 Å². The molecular formula is C6H8N2O2S2. The molecule has 0 unspecified atom stereocenters. The molecule has 0 aromatic carbocycles. The molecule has 0 aliphatic carbocycles. The van der Waals surface area contributed by atoms with Crippen molar-refractivity contribution in [1.82, 2.24) is 0 Å². The Balaban J connectivity index is 3.38. The molecule has 0 radical (unpaired) electrons. The molecule has 0 aromatic rings. The standard InChI is InChI=1S/C6H8N2O2S2/c1-6(11-4-7-2-9)12-5-8-3-10/h6H,4-5H2,1H3. The molecule has 0 spiro atoms. The van der Waals surface area contributed by atoms with Crippen LogP contribution in [0.1, 0.15) is 6.92 Å². The minimum absolute atomic E-state index is 0.263. The van der Waals surface area contributed by atoms with Gasteiger partial charge in [-0.15, -0.1) is 23.5 Å². The highest BCUT2D eigenvalue weighted by Crippen LogP contribution is 2.22. The van der Waals surface area contributed by atoms with E-state index < -0.39 is 0 Å². The zero-order valence-corrected chi connectivity index (χ0v) is 8.15. The molecule has 0 aromatic heterocycles.